The van der Waals surface area contributed by atoms with Crippen molar-refractivity contribution in [1.29, 1.82) is 0 Å². The van der Waals surface area contributed by atoms with Gasteiger partial charge in [-0.3, -0.25) is 9.59 Å². The molecule has 3 aromatic rings. The summed E-state index contributed by atoms with van der Waals surface area (Å²) in [7, 11) is 1.79. The highest BCUT2D eigenvalue weighted by atomic mass is 16.2. The van der Waals surface area contributed by atoms with Gasteiger partial charge in [-0.15, -0.1) is 0 Å². The second-order valence-corrected chi connectivity index (χ2v) is 8.83. The van der Waals surface area contributed by atoms with E-state index in [9.17, 15) is 9.59 Å². The van der Waals surface area contributed by atoms with Gasteiger partial charge >= 0.3 is 0 Å². The van der Waals surface area contributed by atoms with Gasteiger partial charge in [-0.2, -0.15) is 0 Å². The lowest BCUT2D eigenvalue weighted by Gasteiger charge is -2.30. The number of hydrogen-bond donors (Lipinski definition) is 2. The van der Waals surface area contributed by atoms with E-state index in [0.29, 0.717) is 25.8 Å². The fourth-order valence-electron chi connectivity index (χ4n) is 4.42. The molecule has 0 radical (unpaired) electrons. The molecule has 1 fully saturated rings. The number of imidazole rings is 1. The molecule has 1 aliphatic heterocycles. The van der Waals surface area contributed by atoms with E-state index in [-0.39, 0.29) is 17.4 Å². The zero-order valence-corrected chi connectivity index (χ0v) is 18.7. The van der Waals surface area contributed by atoms with Crippen molar-refractivity contribution in [1.82, 2.24) is 20.2 Å². The van der Waals surface area contributed by atoms with Gasteiger partial charge in [0, 0.05) is 37.3 Å². The fraction of sp³-hybridized carbons (Fsp3) is 0.346. The number of aromatic nitrogens is 2. The molecule has 0 bridgehead atoms. The van der Waals surface area contributed by atoms with Gasteiger partial charge in [0.2, 0.25) is 11.8 Å². The number of aryl methyl sites for hydroxylation is 1. The van der Waals surface area contributed by atoms with Gasteiger partial charge in [-0.25, -0.2) is 4.98 Å². The molecule has 2 N–H and O–H groups in total. The van der Waals surface area contributed by atoms with Gasteiger partial charge in [-0.1, -0.05) is 54.6 Å². The Hall–Kier alpha value is -3.41. The van der Waals surface area contributed by atoms with E-state index in [1.54, 1.807) is 18.1 Å². The van der Waals surface area contributed by atoms with Gasteiger partial charge in [0.1, 0.15) is 5.82 Å². The first-order chi connectivity index (χ1) is 15.4. The summed E-state index contributed by atoms with van der Waals surface area (Å²) in [5, 5.41) is 3.18. The van der Waals surface area contributed by atoms with Crippen LogP contribution in [0.5, 0.6) is 0 Å². The summed E-state index contributed by atoms with van der Waals surface area (Å²) in [5.74, 6) is 0.900. The van der Waals surface area contributed by atoms with Crippen LogP contribution in [0, 0.1) is 6.92 Å². The van der Waals surface area contributed by atoms with Crippen LogP contribution in [0.4, 0.5) is 0 Å². The molecule has 0 aliphatic carbocycles. The molecule has 6 heteroatoms. The van der Waals surface area contributed by atoms with Crippen LogP contribution in [-0.2, 0) is 22.6 Å². The summed E-state index contributed by atoms with van der Waals surface area (Å²) in [6, 6.07) is 18.8. The van der Waals surface area contributed by atoms with Crippen molar-refractivity contribution in [3.8, 4) is 11.1 Å². The first kappa shape index (κ1) is 21.8. The lowest BCUT2D eigenvalue weighted by Crippen LogP contribution is -2.44. The number of carbonyl (C=O) groups excluding carboxylic acids is 2. The Balaban J connectivity index is 1.40. The number of rotatable bonds is 8. The molecule has 32 heavy (non-hydrogen) atoms. The Morgan fingerprint density at radius 3 is 2.44 bits per heavy atom. The Labute approximate surface area is 189 Å². The number of nitrogens with zero attached hydrogens (tertiary/aromatic N) is 2. The van der Waals surface area contributed by atoms with Crippen LogP contribution in [0.25, 0.3) is 11.1 Å². The second-order valence-electron chi connectivity index (χ2n) is 8.83. The van der Waals surface area contributed by atoms with Gasteiger partial charge in [-0.05, 0) is 42.9 Å². The number of H-pyrrole nitrogens is 1. The molecule has 2 aromatic carbocycles. The van der Waals surface area contributed by atoms with Crippen molar-refractivity contribution in [3.05, 3.63) is 77.9 Å². The predicted octanol–water partition coefficient (Wildman–Crippen LogP) is 4.02. The molecule has 0 saturated carbocycles. The maximum absolute atomic E-state index is 12.8. The molecule has 6 nitrogen and oxygen atoms in total. The minimum Gasteiger partial charge on any atom is -0.350 e. The highest BCUT2D eigenvalue weighted by Crippen LogP contribution is 2.31. The first-order valence-corrected chi connectivity index (χ1v) is 11.1. The summed E-state index contributed by atoms with van der Waals surface area (Å²) in [4.78, 5) is 34.0. The van der Waals surface area contributed by atoms with E-state index < -0.39 is 0 Å². The third-order valence-electron chi connectivity index (χ3n) is 6.22. The third kappa shape index (κ3) is 5.25. The zero-order valence-electron chi connectivity index (χ0n) is 18.7. The standard InChI is InChI=1S/C26H30N4O2/c1-19-17-27-23(28-19)18-30(2)25(32)13-15-26(14-12-24(31)29-26)16-20-8-10-22(11-9-20)21-6-4-3-5-7-21/h3-11,17H,12-16,18H2,1-2H3,(H,27,28)(H,29,31)/t26-/m1/s1. The van der Waals surface area contributed by atoms with E-state index in [0.717, 1.165) is 24.4 Å². The molecule has 0 unspecified atom stereocenters. The van der Waals surface area contributed by atoms with E-state index in [1.165, 1.54) is 16.7 Å². The zero-order chi connectivity index (χ0) is 22.6. The first-order valence-electron chi connectivity index (χ1n) is 11.1. The van der Waals surface area contributed by atoms with Crippen LogP contribution in [0.15, 0.2) is 60.8 Å². The van der Waals surface area contributed by atoms with Gasteiger partial charge in [0.15, 0.2) is 0 Å². The number of amides is 2. The molecule has 166 valence electrons. The van der Waals surface area contributed by atoms with Crippen molar-refractivity contribution < 1.29 is 9.59 Å². The average Bonchev–Trinajstić information content (AvgIpc) is 3.38. The van der Waals surface area contributed by atoms with Gasteiger partial charge in [0.05, 0.1) is 6.54 Å². The van der Waals surface area contributed by atoms with Crippen LogP contribution >= 0.6 is 0 Å². The number of benzene rings is 2. The monoisotopic (exact) mass is 430 g/mol. The van der Waals surface area contributed by atoms with Crippen molar-refractivity contribution in [3.63, 3.8) is 0 Å². The van der Waals surface area contributed by atoms with Gasteiger partial charge < -0.3 is 15.2 Å². The molecule has 1 atom stereocenters. The van der Waals surface area contributed by atoms with E-state index >= 15 is 0 Å². The van der Waals surface area contributed by atoms with Crippen molar-refractivity contribution >= 4 is 11.8 Å². The summed E-state index contributed by atoms with van der Waals surface area (Å²) >= 11 is 0. The van der Waals surface area contributed by atoms with Crippen LogP contribution < -0.4 is 5.32 Å². The summed E-state index contributed by atoms with van der Waals surface area (Å²) in [6.07, 6.45) is 4.76. The molecular weight excluding hydrogens is 400 g/mol. The number of aromatic amines is 1. The third-order valence-corrected chi connectivity index (χ3v) is 6.22. The number of carbonyl (C=O) groups is 2. The molecular formula is C26H30N4O2. The van der Waals surface area contributed by atoms with Gasteiger partial charge in [0.25, 0.3) is 0 Å². The lowest BCUT2D eigenvalue weighted by atomic mass is 9.84. The molecule has 1 aromatic heterocycles. The largest absolute Gasteiger partial charge is 0.350 e. The topological polar surface area (TPSA) is 78.1 Å². The van der Waals surface area contributed by atoms with Crippen molar-refractivity contribution in [2.75, 3.05) is 7.05 Å². The Bertz CT molecular complexity index is 1070. The van der Waals surface area contributed by atoms with Crippen LogP contribution in [0.2, 0.25) is 0 Å². The minimum absolute atomic E-state index is 0.0546. The molecule has 1 aliphatic rings. The fourth-order valence-corrected chi connectivity index (χ4v) is 4.42. The Morgan fingerprint density at radius 1 is 1.09 bits per heavy atom. The highest BCUT2D eigenvalue weighted by molar-refractivity contribution is 5.80. The summed E-state index contributed by atoms with van der Waals surface area (Å²) < 4.78 is 0. The Morgan fingerprint density at radius 2 is 1.81 bits per heavy atom. The maximum atomic E-state index is 12.8. The number of nitrogens with one attached hydrogen (secondary N) is 2. The van der Waals surface area contributed by atoms with E-state index in [1.807, 2.05) is 25.1 Å². The minimum atomic E-state index is -0.372. The van der Waals surface area contributed by atoms with Crippen LogP contribution in [0.3, 0.4) is 0 Å². The predicted molar refractivity (Wildman–Crippen MR) is 125 cm³/mol. The average molecular weight is 431 g/mol. The lowest BCUT2D eigenvalue weighted by molar-refractivity contribution is -0.131. The van der Waals surface area contributed by atoms with E-state index in [2.05, 4.69) is 51.7 Å². The summed E-state index contributed by atoms with van der Waals surface area (Å²) in [6.45, 7) is 2.39. The second kappa shape index (κ2) is 9.39. The summed E-state index contributed by atoms with van der Waals surface area (Å²) in [5.41, 5.74) is 4.13. The van der Waals surface area contributed by atoms with E-state index in [4.69, 9.17) is 0 Å². The molecule has 0 spiro atoms. The molecule has 2 heterocycles. The van der Waals surface area contributed by atoms with Crippen LogP contribution in [-0.4, -0.2) is 39.3 Å². The normalized spacial score (nSPS) is 17.9. The smallest absolute Gasteiger partial charge is 0.222 e. The molecule has 2 amide bonds. The maximum Gasteiger partial charge on any atom is 0.222 e. The number of hydrogen-bond acceptors (Lipinski definition) is 3. The van der Waals surface area contributed by atoms with Crippen LogP contribution in [0.1, 0.15) is 42.8 Å². The molecule has 1 saturated heterocycles. The SMILES string of the molecule is Cc1cnc(CN(C)C(=O)CC[C@@]2(Cc3ccc(-c4ccccc4)cc3)CCC(=O)N2)[nH]1. The Kier molecular flexibility index (Phi) is 6.40. The quantitative estimate of drug-likeness (QED) is 0.567. The highest BCUT2D eigenvalue weighted by Gasteiger charge is 2.38. The van der Waals surface area contributed by atoms with Crippen molar-refractivity contribution in [2.45, 2.75) is 51.1 Å². The molecule has 4 rings (SSSR count). The van der Waals surface area contributed by atoms with Crippen molar-refractivity contribution in [2.24, 2.45) is 0 Å².